The first-order chi connectivity index (χ1) is 15.0. The van der Waals surface area contributed by atoms with Gasteiger partial charge in [0, 0.05) is 18.4 Å². The average Bonchev–Trinajstić information content (AvgIpc) is 3.40. The van der Waals surface area contributed by atoms with Crippen LogP contribution in [-0.2, 0) is 26.6 Å². The lowest BCUT2D eigenvalue weighted by Gasteiger charge is -2.43. The second kappa shape index (κ2) is 6.70. The summed E-state index contributed by atoms with van der Waals surface area (Å²) >= 11 is 0. The van der Waals surface area contributed by atoms with Gasteiger partial charge in [0.05, 0.1) is 11.2 Å². The third kappa shape index (κ3) is 2.86. The molecule has 0 aliphatic heterocycles. The number of aromatic carboxylic acids is 1. The van der Waals surface area contributed by atoms with Crippen LogP contribution >= 0.6 is 0 Å². The molecule has 0 radical (unpaired) electrons. The number of hydrogen-bond donors (Lipinski definition) is 1. The Balaban J connectivity index is 1.56. The Bertz CT molecular complexity index is 1090. The molecule has 0 aromatic heterocycles. The molecule has 3 aliphatic rings. The number of fused-ring (bicyclic) bond motifs is 2. The van der Waals surface area contributed by atoms with Crippen molar-refractivity contribution in [2.75, 3.05) is 7.11 Å². The van der Waals surface area contributed by atoms with Crippen LogP contribution in [0.25, 0.3) is 0 Å². The summed E-state index contributed by atoms with van der Waals surface area (Å²) in [5, 5.41) is 9.29. The SMILES string of the molecule is COC1(c2ccc(C(=O)O)cc2)CCC2(c3cc4c(cc3C)C(C)(C)CCC4(C)C)CC21. The van der Waals surface area contributed by atoms with Crippen LogP contribution in [0.15, 0.2) is 36.4 Å². The number of ether oxygens (including phenoxy) is 1. The van der Waals surface area contributed by atoms with E-state index in [2.05, 4.69) is 46.8 Å². The van der Waals surface area contributed by atoms with Crippen molar-refractivity contribution in [2.45, 2.75) is 88.6 Å². The first-order valence-corrected chi connectivity index (χ1v) is 12.0. The fourth-order valence-corrected chi connectivity index (χ4v) is 7.07. The van der Waals surface area contributed by atoms with Crippen molar-refractivity contribution in [1.29, 1.82) is 0 Å². The normalized spacial score (nSPS) is 31.6. The molecule has 32 heavy (non-hydrogen) atoms. The molecule has 1 N–H and O–H groups in total. The summed E-state index contributed by atoms with van der Waals surface area (Å²) in [5.74, 6) is -0.447. The molecule has 3 heteroatoms. The van der Waals surface area contributed by atoms with Crippen molar-refractivity contribution in [3.8, 4) is 0 Å². The second-order valence-corrected chi connectivity index (χ2v) is 11.9. The van der Waals surface area contributed by atoms with Gasteiger partial charge in [0.25, 0.3) is 0 Å². The Morgan fingerprint density at radius 1 is 0.906 bits per heavy atom. The molecule has 2 saturated carbocycles. The summed E-state index contributed by atoms with van der Waals surface area (Å²) in [7, 11) is 1.82. The monoisotopic (exact) mass is 432 g/mol. The third-order valence-electron chi connectivity index (χ3n) is 9.30. The summed E-state index contributed by atoms with van der Waals surface area (Å²) in [6.45, 7) is 11.9. The van der Waals surface area contributed by atoms with Crippen molar-refractivity contribution in [2.24, 2.45) is 5.92 Å². The molecular weight excluding hydrogens is 396 g/mol. The lowest BCUT2D eigenvalue weighted by Crippen LogP contribution is -2.34. The Morgan fingerprint density at radius 2 is 1.50 bits per heavy atom. The maximum Gasteiger partial charge on any atom is 0.335 e. The minimum Gasteiger partial charge on any atom is -0.478 e. The van der Waals surface area contributed by atoms with Gasteiger partial charge in [0.15, 0.2) is 0 Å². The molecule has 5 rings (SSSR count). The Kier molecular flexibility index (Phi) is 4.54. The average molecular weight is 433 g/mol. The molecule has 0 bridgehead atoms. The summed E-state index contributed by atoms with van der Waals surface area (Å²) in [4.78, 5) is 11.3. The minimum atomic E-state index is -0.884. The minimum absolute atomic E-state index is 0.179. The van der Waals surface area contributed by atoms with Gasteiger partial charge in [-0.3, -0.25) is 0 Å². The van der Waals surface area contributed by atoms with E-state index in [-0.39, 0.29) is 21.8 Å². The lowest BCUT2D eigenvalue weighted by molar-refractivity contribution is -0.0287. The van der Waals surface area contributed by atoms with E-state index < -0.39 is 5.97 Å². The van der Waals surface area contributed by atoms with Gasteiger partial charge in [-0.05, 0) is 89.8 Å². The number of aryl methyl sites for hydroxylation is 1. The van der Waals surface area contributed by atoms with Crippen LogP contribution in [-0.4, -0.2) is 18.2 Å². The topological polar surface area (TPSA) is 46.5 Å². The molecule has 3 aliphatic carbocycles. The number of methoxy groups -OCH3 is 1. The van der Waals surface area contributed by atoms with Crippen molar-refractivity contribution in [3.05, 3.63) is 69.8 Å². The highest BCUT2D eigenvalue weighted by Crippen LogP contribution is 2.72. The lowest BCUT2D eigenvalue weighted by atomic mass is 9.62. The largest absolute Gasteiger partial charge is 0.478 e. The number of carboxylic acid groups (broad SMARTS) is 1. The van der Waals surface area contributed by atoms with Crippen molar-refractivity contribution in [3.63, 3.8) is 0 Å². The molecule has 0 spiro atoms. The highest BCUT2D eigenvalue weighted by atomic mass is 16.5. The van der Waals surface area contributed by atoms with Crippen LogP contribution in [0.1, 0.15) is 98.0 Å². The van der Waals surface area contributed by atoms with Gasteiger partial charge in [0.2, 0.25) is 0 Å². The number of carbonyl (C=O) groups is 1. The molecule has 2 aromatic carbocycles. The van der Waals surface area contributed by atoms with Gasteiger partial charge < -0.3 is 9.84 Å². The maximum atomic E-state index is 11.3. The van der Waals surface area contributed by atoms with E-state index in [1.807, 2.05) is 19.2 Å². The third-order valence-corrected chi connectivity index (χ3v) is 9.30. The zero-order valence-electron chi connectivity index (χ0n) is 20.3. The van der Waals surface area contributed by atoms with Gasteiger partial charge in [-0.2, -0.15) is 0 Å². The van der Waals surface area contributed by atoms with Crippen molar-refractivity contribution < 1.29 is 14.6 Å². The van der Waals surface area contributed by atoms with Crippen LogP contribution in [0.5, 0.6) is 0 Å². The van der Waals surface area contributed by atoms with E-state index in [1.54, 1.807) is 12.1 Å². The molecular formula is C29H36O3. The molecule has 3 unspecified atom stereocenters. The van der Waals surface area contributed by atoms with E-state index in [1.165, 1.54) is 35.1 Å². The number of hydrogen-bond acceptors (Lipinski definition) is 2. The molecule has 3 atom stereocenters. The summed E-state index contributed by atoms with van der Waals surface area (Å²) in [6, 6.07) is 12.4. The maximum absolute atomic E-state index is 11.3. The predicted octanol–water partition coefficient (Wildman–Crippen LogP) is 6.64. The quantitative estimate of drug-likeness (QED) is 0.589. The number of rotatable bonds is 4. The molecule has 3 nitrogen and oxygen atoms in total. The highest BCUT2D eigenvalue weighted by molar-refractivity contribution is 5.87. The fourth-order valence-electron chi connectivity index (χ4n) is 7.07. The van der Waals surface area contributed by atoms with Crippen LogP contribution in [0.2, 0.25) is 0 Å². The predicted molar refractivity (Wildman–Crippen MR) is 128 cm³/mol. The molecule has 170 valence electrons. The first kappa shape index (κ1) is 21.7. The van der Waals surface area contributed by atoms with Gasteiger partial charge in [0.1, 0.15) is 0 Å². The Hall–Kier alpha value is -2.13. The van der Waals surface area contributed by atoms with Crippen molar-refractivity contribution in [1.82, 2.24) is 0 Å². The Morgan fingerprint density at radius 3 is 2.03 bits per heavy atom. The Labute approximate surface area is 192 Å². The van der Waals surface area contributed by atoms with E-state index in [4.69, 9.17) is 4.74 Å². The molecule has 2 aromatic rings. The summed E-state index contributed by atoms with van der Waals surface area (Å²) < 4.78 is 6.26. The van der Waals surface area contributed by atoms with Crippen LogP contribution in [0.3, 0.4) is 0 Å². The van der Waals surface area contributed by atoms with E-state index >= 15 is 0 Å². The summed E-state index contributed by atoms with van der Waals surface area (Å²) in [5.41, 5.74) is 7.75. The van der Waals surface area contributed by atoms with E-state index in [0.29, 0.717) is 11.5 Å². The van der Waals surface area contributed by atoms with Crippen molar-refractivity contribution >= 4 is 5.97 Å². The first-order valence-electron chi connectivity index (χ1n) is 12.0. The van der Waals surface area contributed by atoms with Crippen LogP contribution < -0.4 is 0 Å². The van der Waals surface area contributed by atoms with Crippen LogP contribution in [0.4, 0.5) is 0 Å². The molecule has 0 amide bonds. The van der Waals surface area contributed by atoms with Gasteiger partial charge >= 0.3 is 5.97 Å². The van der Waals surface area contributed by atoms with Gasteiger partial charge in [-0.15, -0.1) is 0 Å². The zero-order valence-corrected chi connectivity index (χ0v) is 20.3. The summed E-state index contributed by atoms with van der Waals surface area (Å²) in [6.07, 6.45) is 5.70. The van der Waals surface area contributed by atoms with Crippen LogP contribution in [0, 0.1) is 12.8 Å². The zero-order chi connectivity index (χ0) is 23.1. The number of benzene rings is 2. The number of carboxylic acids is 1. The van der Waals surface area contributed by atoms with Gasteiger partial charge in [-0.25, -0.2) is 4.79 Å². The fraction of sp³-hybridized carbons (Fsp3) is 0.552. The smallest absolute Gasteiger partial charge is 0.335 e. The van der Waals surface area contributed by atoms with Gasteiger partial charge in [-0.1, -0.05) is 52.0 Å². The van der Waals surface area contributed by atoms with E-state index in [9.17, 15) is 9.90 Å². The molecule has 0 saturated heterocycles. The molecule has 0 heterocycles. The van der Waals surface area contributed by atoms with E-state index in [0.717, 1.165) is 24.8 Å². The highest BCUT2D eigenvalue weighted by Gasteiger charge is 2.70. The molecule has 2 fully saturated rings. The second-order valence-electron chi connectivity index (χ2n) is 11.9. The standard InChI is InChI=1S/C29H36O3/c1-18-15-22-23(27(4,5)12-11-26(22,2)3)16-21(18)28-13-14-29(32-6,24(28)17-28)20-9-7-19(8-10-20)25(30)31/h7-10,15-16,24H,11-14,17H2,1-6H3,(H,30,31).